The molecule has 0 aliphatic heterocycles. The Bertz CT molecular complexity index is 572. The Hall–Kier alpha value is -1.31. The Kier molecular flexibility index (Phi) is 4.85. The largest absolute Gasteiger partial charge is 0.324 e. The van der Waals surface area contributed by atoms with Crippen LogP contribution in [0.15, 0.2) is 42.5 Å². The molecule has 1 unspecified atom stereocenters. The summed E-state index contributed by atoms with van der Waals surface area (Å²) in [6, 6.07) is 14.7. The topological polar surface area (TPSA) is 26.0 Å². The molecule has 2 heteroatoms. The lowest BCUT2D eigenvalue weighted by Crippen LogP contribution is -2.14. The van der Waals surface area contributed by atoms with Gasteiger partial charge in [-0.3, -0.25) is 0 Å². The van der Waals surface area contributed by atoms with Gasteiger partial charge in [0.15, 0.2) is 0 Å². The van der Waals surface area contributed by atoms with E-state index in [1.54, 1.807) is 0 Å². The van der Waals surface area contributed by atoms with Gasteiger partial charge in [0.25, 0.3) is 0 Å². The van der Waals surface area contributed by atoms with Crippen LogP contribution < -0.4 is 5.73 Å². The third-order valence-electron chi connectivity index (χ3n) is 3.81. The van der Waals surface area contributed by atoms with Crippen LogP contribution >= 0.6 is 11.6 Å². The van der Waals surface area contributed by atoms with Crippen LogP contribution in [-0.4, -0.2) is 0 Å². The number of hydrogen-bond donors (Lipinski definition) is 1. The summed E-state index contributed by atoms with van der Waals surface area (Å²) >= 11 is 6.16. The molecule has 20 heavy (non-hydrogen) atoms. The van der Waals surface area contributed by atoms with Crippen LogP contribution in [0.4, 0.5) is 0 Å². The maximum atomic E-state index is 6.34. The molecule has 0 radical (unpaired) electrons. The summed E-state index contributed by atoms with van der Waals surface area (Å²) in [5, 5.41) is 0.785. The number of benzene rings is 2. The lowest BCUT2D eigenvalue weighted by molar-refractivity contribution is 0.716. The van der Waals surface area contributed by atoms with Crippen LogP contribution in [0, 0.1) is 6.92 Å². The Morgan fingerprint density at radius 1 is 1.05 bits per heavy atom. The van der Waals surface area contributed by atoms with Crippen molar-refractivity contribution >= 4 is 11.6 Å². The molecule has 0 heterocycles. The maximum absolute atomic E-state index is 6.34. The van der Waals surface area contributed by atoms with E-state index < -0.39 is 0 Å². The molecule has 106 valence electrons. The molecular formula is C18H22ClN. The monoisotopic (exact) mass is 287 g/mol. The van der Waals surface area contributed by atoms with E-state index in [0.29, 0.717) is 5.92 Å². The smallest absolute Gasteiger partial charge is 0.0438 e. The van der Waals surface area contributed by atoms with Crippen molar-refractivity contribution in [2.45, 2.75) is 39.2 Å². The molecule has 2 rings (SSSR count). The fourth-order valence-electron chi connectivity index (χ4n) is 2.43. The zero-order chi connectivity index (χ0) is 14.7. The third-order valence-corrected chi connectivity index (χ3v) is 4.22. The second-order valence-corrected chi connectivity index (χ2v) is 6.07. The first kappa shape index (κ1) is 15.1. The van der Waals surface area contributed by atoms with Crippen molar-refractivity contribution in [1.82, 2.24) is 0 Å². The third kappa shape index (κ3) is 3.41. The average Bonchev–Trinajstić information content (AvgIpc) is 2.42. The highest BCUT2D eigenvalue weighted by Gasteiger charge is 2.11. The second-order valence-electron chi connectivity index (χ2n) is 5.66. The Balaban J connectivity index is 2.15. The summed E-state index contributed by atoms with van der Waals surface area (Å²) < 4.78 is 0. The molecule has 2 aromatic rings. The second kappa shape index (κ2) is 6.43. The minimum absolute atomic E-state index is 0.0152. The van der Waals surface area contributed by atoms with Crippen molar-refractivity contribution in [3.63, 3.8) is 0 Å². The molecule has 0 aromatic heterocycles. The Morgan fingerprint density at radius 3 is 2.30 bits per heavy atom. The van der Waals surface area contributed by atoms with E-state index >= 15 is 0 Å². The highest BCUT2D eigenvalue weighted by Crippen LogP contribution is 2.25. The summed E-state index contributed by atoms with van der Waals surface area (Å²) in [6.45, 7) is 6.44. The van der Waals surface area contributed by atoms with Gasteiger partial charge >= 0.3 is 0 Å². The zero-order valence-electron chi connectivity index (χ0n) is 12.4. The standard InChI is InChI=1S/C18H22ClN/c1-12(2)15-9-7-14(8-10-15)11-18(20)16-5-4-6-17(19)13(16)3/h4-10,12,18H,11,20H2,1-3H3. The van der Waals surface area contributed by atoms with E-state index in [4.69, 9.17) is 17.3 Å². The number of halogens is 1. The van der Waals surface area contributed by atoms with Crippen LogP contribution in [0.2, 0.25) is 5.02 Å². The van der Waals surface area contributed by atoms with Gasteiger partial charge in [-0.05, 0) is 47.6 Å². The van der Waals surface area contributed by atoms with Gasteiger partial charge in [0.2, 0.25) is 0 Å². The fraction of sp³-hybridized carbons (Fsp3) is 0.333. The minimum atomic E-state index is -0.0152. The predicted octanol–water partition coefficient (Wildman–Crippen LogP) is 5.01. The van der Waals surface area contributed by atoms with Crippen LogP contribution in [0.3, 0.4) is 0 Å². The quantitative estimate of drug-likeness (QED) is 0.840. The predicted molar refractivity (Wildman–Crippen MR) is 87.4 cm³/mol. The molecule has 0 aliphatic rings. The van der Waals surface area contributed by atoms with Crippen molar-refractivity contribution in [3.05, 3.63) is 69.7 Å². The van der Waals surface area contributed by atoms with Crippen LogP contribution in [0.1, 0.15) is 48.1 Å². The molecule has 2 aromatic carbocycles. The maximum Gasteiger partial charge on any atom is 0.0438 e. The summed E-state index contributed by atoms with van der Waals surface area (Å²) in [4.78, 5) is 0. The number of rotatable bonds is 4. The Morgan fingerprint density at radius 2 is 1.70 bits per heavy atom. The molecule has 0 saturated carbocycles. The molecule has 1 atom stereocenters. The van der Waals surface area contributed by atoms with Crippen molar-refractivity contribution in [2.24, 2.45) is 5.73 Å². The van der Waals surface area contributed by atoms with Gasteiger partial charge in [0.05, 0.1) is 0 Å². The van der Waals surface area contributed by atoms with Crippen LogP contribution in [-0.2, 0) is 6.42 Å². The van der Waals surface area contributed by atoms with E-state index in [-0.39, 0.29) is 6.04 Å². The molecule has 0 saturated heterocycles. The normalized spacial score (nSPS) is 12.7. The van der Waals surface area contributed by atoms with E-state index in [1.807, 2.05) is 19.1 Å². The zero-order valence-corrected chi connectivity index (χ0v) is 13.1. The van der Waals surface area contributed by atoms with Gasteiger partial charge in [0, 0.05) is 11.1 Å². The van der Waals surface area contributed by atoms with E-state index in [2.05, 4.69) is 44.2 Å². The highest BCUT2D eigenvalue weighted by molar-refractivity contribution is 6.31. The first-order valence-corrected chi connectivity index (χ1v) is 7.46. The van der Waals surface area contributed by atoms with Crippen molar-refractivity contribution in [3.8, 4) is 0 Å². The minimum Gasteiger partial charge on any atom is -0.324 e. The van der Waals surface area contributed by atoms with Gasteiger partial charge in [0.1, 0.15) is 0 Å². The molecule has 0 bridgehead atoms. The van der Waals surface area contributed by atoms with Gasteiger partial charge < -0.3 is 5.73 Å². The molecule has 0 fully saturated rings. The van der Waals surface area contributed by atoms with Crippen LogP contribution in [0.5, 0.6) is 0 Å². The molecule has 1 nitrogen and oxygen atoms in total. The summed E-state index contributed by atoms with van der Waals surface area (Å²) in [7, 11) is 0. The lowest BCUT2D eigenvalue weighted by Gasteiger charge is -2.16. The van der Waals surface area contributed by atoms with Gasteiger partial charge in [-0.25, -0.2) is 0 Å². The van der Waals surface area contributed by atoms with E-state index in [9.17, 15) is 0 Å². The molecule has 0 amide bonds. The van der Waals surface area contributed by atoms with Crippen molar-refractivity contribution in [2.75, 3.05) is 0 Å². The van der Waals surface area contributed by atoms with Crippen molar-refractivity contribution in [1.29, 1.82) is 0 Å². The summed E-state index contributed by atoms with van der Waals surface area (Å²) in [5.41, 5.74) is 11.2. The van der Waals surface area contributed by atoms with Gasteiger partial charge in [-0.1, -0.05) is 61.8 Å². The SMILES string of the molecule is Cc1c(Cl)cccc1C(N)Cc1ccc(C(C)C)cc1. The lowest BCUT2D eigenvalue weighted by atomic mass is 9.94. The number of nitrogens with two attached hydrogens (primary N) is 1. The average molecular weight is 288 g/mol. The first-order chi connectivity index (χ1) is 9.49. The molecular weight excluding hydrogens is 266 g/mol. The van der Waals surface area contributed by atoms with Crippen LogP contribution in [0.25, 0.3) is 0 Å². The molecule has 2 N–H and O–H groups in total. The summed E-state index contributed by atoms with van der Waals surface area (Å²) in [6.07, 6.45) is 0.833. The fourth-order valence-corrected chi connectivity index (χ4v) is 2.61. The number of hydrogen-bond acceptors (Lipinski definition) is 1. The highest BCUT2D eigenvalue weighted by atomic mass is 35.5. The van der Waals surface area contributed by atoms with Gasteiger partial charge in [-0.15, -0.1) is 0 Å². The van der Waals surface area contributed by atoms with Crippen molar-refractivity contribution < 1.29 is 0 Å². The molecule has 0 aliphatic carbocycles. The molecule has 0 spiro atoms. The van der Waals surface area contributed by atoms with E-state index in [1.165, 1.54) is 11.1 Å². The summed E-state index contributed by atoms with van der Waals surface area (Å²) in [5.74, 6) is 0.563. The van der Waals surface area contributed by atoms with E-state index in [0.717, 1.165) is 22.6 Å². The Labute approximate surface area is 126 Å². The first-order valence-electron chi connectivity index (χ1n) is 7.08. The van der Waals surface area contributed by atoms with Gasteiger partial charge in [-0.2, -0.15) is 0 Å².